The third-order valence-electron chi connectivity index (χ3n) is 2.69. The van der Waals surface area contributed by atoms with Crippen LogP contribution in [-0.4, -0.2) is 6.03 Å². The number of nitrogens with two attached hydrogens (primary N) is 1. The van der Waals surface area contributed by atoms with Gasteiger partial charge in [-0.1, -0.05) is 29.3 Å². The highest BCUT2D eigenvalue weighted by Gasteiger charge is 2.06. The quantitative estimate of drug-likeness (QED) is 0.713. The second-order valence-corrected chi connectivity index (χ2v) is 5.12. The lowest BCUT2D eigenvalue weighted by atomic mass is 10.2. The van der Waals surface area contributed by atoms with Crippen molar-refractivity contribution in [2.45, 2.75) is 6.92 Å². The summed E-state index contributed by atoms with van der Waals surface area (Å²) in [7, 11) is 0. The molecule has 0 radical (unpaired) electrons. The van der Waals surface area contributed by atoms with E-state index >= 15 is 0 Å². The largest absolute Gasteiger partial charge is 0.397 e. The topological polar surface area (TPSA) is 67.2 Å². The van der Waals surface area contributed by atoms with Gasteiger partial charge in [-0.25, -0.2) is 4.79 Å². The summed E-state index contributed by atoms with van der Waals surface area (Å²) >= 11 is 11.8. The Labute approximate surface area is 126 Å². The summed E-state index contributed by atoms with van der Waals surface area (Å²) in [6.45, 7) is 1.89. The molecule has 2 aromatic carbocycles. The number of aryl methyl sites for hydroxylation is 1. The molecule has 0 aromatic heterocycles. The molecular weight excluding hydrogens is 297 g/mol. The zero-order valence-corrected chi connectivity index (χ0v) is 12.2. The first-order chi connectivity index (χ1) is 9.45. The maximum absolute atomic E-state index is 11.9. The van der Waals surface area contributed by atoms with E-state index in [1.165, 1.54) is 0 Å². The third kappa shape index (κ3) is 3.56. The number of rotatable bonds is 2. The Morgan fingerprint density at radius 2 is 1.85 bits per heavy atom. The van der Waals surface area contributed by atoms with Gasteiger partial charge < -0.3 is 16.4 Å². The number of anilines is 3. The molecule has 20 heavy (non-hydrogen) atoms. The number of benzene rings is 2. The van der Waals surface area contributed by atoms with E-state index in [9.17, 15) is 4.79 Å². The van der Waals surface area contributed by atoms with Crippen LogP contribution in [-0.2, 0) is 0 Å². The van der Waals surface area contributed by atoms with E-state index in [1.807, 2.05) is 13.0 Å². The number of amides is 2. The summed E-state index contributed by atoms with van der Waals surface area (Å²) in [6.07, 6.45) is 0. The first-order valence-electron chi connectivity index (χ1n) is 5.85. The van der Waals surface area contributed by atoms with Gasteiger partial charge in [0.25, 0.3) is 0 Å². The smallest absolute Gasteiger partial charge is 0.323 e. The van der Waals surface area contributed by atoms with Gasteiger partial charge in [0.1, 0.15) is 0 Å². The number of hydrogen-bond donors (Lipinski definition) is 3. The molecule has 0 aliphatic rings. The molecule has 6 heteroatoms. The van der Waals surface area contributed by atoms with Gasteiger partial charge in [0.2, 0.25) is 0 Å². The molecule has 0 unspecified atom stereocenters. The maximum atomic E-state index is 11.9. The molecule has 0 aliphatic carbocycles. The summed E-state index contributed by atoms with van der Waals surface area (Å²) in [4.78, 5) is 11.9. The molecule has 104 valence electrons. The molecule has 0 bridgehead atoms. The van der Waals surface area contributed by atoms with Crippen LogP contribution >= 0.6 is 23.2 Å². The van der Waals surface area contributed by atoms with Crippen LogP contribution in [0.3, 0.4) is 0 Å². The molecule has 2 aromatic rings. The number of halogens is 2. The minimum absolute atomic E-state index is 0.398. The zero-order chi connectivity index (χ0) is 14.7. The first kappa shape index (κ1) is 14.5. The van der Waals surface area contributed by atoms with Crippen LogP contribution in [0.5, 0.6) is 0 Å². The highest BCUT2D eigenvalue weighted by atomic mass is 35.5. The predicted octanol–water partition coefficient (Wildman–Crippen LogP) is 4.53. The van der Waals surface area contributed by atoms with Gasteiger partial charge in [0, 0.05) is 15.7 Å². The molecule has 2 rings (SSSR count). The van der Waals surface area contributed by atoms with Crippen molar-refractivity contribution in [3.63, 3.8) is 0 Å². The lowest BCUT2D eigenvalue weighted by Gasteiger charge is -2.10. The summed E-state index contributed by atoms with van der Waals surface area (Å²) in [6, 6.07) is 9.73. The maximum Gasteiger partial charge on any atom is 0.323 e. The van der Waals surface area contributed by atoms with Crippen molar-refractivity contribution in [3.05, 3.63) is 52.0 Å². The van der Waals surface area contributed by atoms with Crippen molar-refractivity contribution in [2.75, 3.05) is 16.4 Å². The van der Waals surface area contributed by atoms with Crippen LogP contribution < -0.4 is 16.4 Å². The molecule has 0 fully saturated rings. The minimum Gasteiger partial charge on any atom is -0.397 e. The van der Waals surface area contributed by atoms with Gasteiger partial charge in [-0.15, -0.1) is 0 Å². The Kier molecular flexibility index (Phi) is 4.37. The molecular formula is C14H13Cl2N3O. The van der Waals surface area contributed by atoms with Crippen molar-refractivity contribution >= 4 is 46.3 Å². The number of hydrogen-bond acceptors (Lipinski definition) is 2. The molecule has 0 spiro atoms. The Bertz CT molecular complexity index is 659. The average molecular weight is 310 g/mol. The summed E-state index contributed by atoms with van der Waals surface area (Å²) in [5.41, 5.74) is 8.19. The van der Waals surface area contributed by atoms with Crippen molar-refractivity contribution < 1.29 is 4.79 Å². The molecule has 4 N–H and O–H groups in total. The molecule has 2 amide bonds. The van der Waals surface area contributed by atoms with Crippen LogP contribution in [0.4, 0.5) is 21.9 Å². The van der Waals surface area contributed by atoms with Gasteiger partial charge in [0.15, 0.2) is 0 Å². The van der Waals surface area contributed by atoms with Gasteiger partial charge >= 0.3 is 6.03 Å². The molecule has 0 saturated heterocycles. The fraction of sp³-hybridized carbons (Fsp3) is 0.0714. The van der Waals surface area contributed by atoms with Crippen LogP contribution in [0, 0.1) is 6.92 Å². The Balaban J connectivity index is 2.07. The fourth-order valence-electron chi connectivity index (χ4n) is 1.60. The average Bonchev–Trinajstić information content (AvgIpc) is 2.37. The number of carbonyl (C=O) groups is 1. The van der Waals surface area contributed by atoms with Crippen LogP contribution in [0.15, 0.2) is 36.4 Å². The van der Waals surface area contributed by atoms with E-state index in [4.69, 9.17) is 28.9 Å². The van der Waals surface area contributed by atoms with Crippen LogP contribution in [0.1, 0.15) is 5.56 Å². The fourth-order valence-corrected chi connectivity index (χ4v) is 1.96. The normalized spacial score (nSPS) is 10.2. The second kappa shape index (κ2) is 6.03. The van der Waals surface area contributed by atoms with Gasteiger partial charge in [-0.05, 0) is 42.8 Å². The standard InChI is InChI=1S/C14H13Cl2N3O/c1-8-2-4-10(7-11(8)16)18-14(20)19-13-5-3-9(15)6-12(13)17/h2-7H,17H2,1H3,(H2,18,19,20). The molecule has 0 heterocycles. The van der Waals surface area contributed by atoms with Crippen LogP contribution in [0.25, 0.3) is 0 Å². The monoisotopic (exact) mass is 309 g/mol. The highest BCUT2D eigenvalue weighted by molar-refractivity contribution is 6.31. The Hall–Kier alpha value is -1.91. The van der Waals surface area contributed by atoms with Crippen molar-refractivity contribution in [1.29, 1.82) is 0 Å². The van der Waals surface area contributed by atoms with Gasteiger partial charge in [-0.3, -0.25) is 0 Å². The lowest BCUT2D eigenvalue weighted by molar-refractivity contribution is 0.262. The SMILES string of the molecule is Cc1ccc(NC(=O)Nc2ccc(Cl)cc2N)cc1Cl. The van der Waals surface area contributed by atoms with E-state index < -0.39 is 6.03 Å². The van der Waals surface area contributed by atoms with Crippen LogP contribution in [0.2, 0.25) is 10.0 Å². The van der Waals surface area contributed by atoms with Crippen molar-refractivity contribution in [3.8, 4) is 0 Å². The van der Waals surface area contributed by atoms with E-state index in [0.29, 0.717) is 27.1 Å². The predicted molar refractivity (Wildman–Crippen MR) is 84.7 cm³/mol. The second-order valence-electron chi connectivity index (χ2n) is 4.27. The van der Waals surface area contributed by atoms with E-state index in [1.54, 1.807) is 30.3 Å². The third-order valence-corrected chi connectivity index (χ3v) is 3.33. The Morgan fingerprint density at radius 1 is 1.10 bits per heavy atom. The van der Waals surface area contributed by atoms with Gasteiger partial charge in [0.05, 0.1) is 11.4 Å². The zero-order valence-electron chi connectivity index (χ0n) is 10.7. The summed E-state index contributed by atoms with van der Waals surface area (Å²) < 4.78 is 0. The number of nitrogen functional groups attached to an aromatic ring is 1. The number of carbonyl (C=O) groups excluding carboxylic acids is 1. The minimum atomic E-state index is -0.404. The molecule has 0 aliphatic heterocycles. The van der Waals surface area contributed by atoms with Crippen molar-refractivity contribution in [2.24, 2.45) is 0 Å². The molecule has 0 saturated carbocycles. The molecule has 4 nitrogen and oxygen atoms in total. The summed E-state index contributed by atoms with van der Waals surface area (Å²) in [5, 5.41) is 6.42. The number of urea groups is 1. The lowest BCUT2D eigenvalue weighted by Crippen LogP contribution is -2.20. The van der Waals surface area contributed by atoms with Crippen molar-refractivity contribution in [1.82, 2.24) is 0 Å². The first-order valence-corrected chi connectivity index (χ1v) is 6.60. The Morgan fingerprint density at radius 3 is 2.50 bits per heavy atom. The highest BCUT2D eigenvalue weighted by Crippen LogP contribution is 2.23. The van der Waals surface area contributed by atoms with Gasteiger partial charge in [-0.2, -0.15) is 0 Å². The van der Waals surface area contributed by atoms with E-state index in [2.05, 4.69) is 10.6 Å². The summed E-state index contributed by atoms with van der Waals surface area (Å²) in [5.74, 6) is 0. The van der Waals surface area contributed by atoms with E-state index in [-0.39, 0.29) is 0 Å². The number of nitrogens with one attached hydrogen (secondary N) is 2. The van der Waals surface area contributed by atoms with E-state index in [0.717, 1.165) is 5.56 Å². The molecule has 0 atom stereocenters.